The molecule has 0 aromatic carbocycles. The van der Waals surface area contributed by atoms with E-state index in [0.717, 1.165) is 0 Å². The molecule has 0 aliphatic rings. The second-order valence-electron chi connectivity index (χ2n) is 5.64. The fraction of sp³-hybridized carbons (Fsp3) is 0.667. The lowest BCUT2D eigenvalue weighted by Crippen LogP contribution is -2.32. The Kier molecular flexibility index (Phi) is 60.7. The molecule has 39 heavy (non-hydrogen) atoms. The van der Waals surface area contributed by atoms with Crippen molar-refractivity contribution in [3.63, 3.8) is 0 Å². The Morgan fingerprint density at radius 1 is 0.436 bits per heavy atom. The first-order valence-corrected chi connectivity index (χ1v) is 13.4. The monoisotopic (exact) mass is 686 g/mol. The lowest BCUT2D eigenvalue weighted by atomic mass is 9.88. The van der Waals surface area contributed by atoms with Gasteiger partial charge in [0.05, 0.1) is 54.3 Å². The van der Waals surface area contributed by atoms with Gasteiger partial charge in [0.2, 0.25) is 0 Å². The second-order valence-corrected chi connectivity index (χ2v) is 7.54. The van der Waals surface area contributed by atoms with Crippen LogP contribution in [0.25, 0.3) is 0 Å². The molecule has 0 heterocycles. The number of hydrogen-bond donors (Lipinski definition) is 15. The summed E-state index contributed by atoms with van der Waals surface area (Å²) in [4.78, 5) is 55.7. The molecular formula is C18H38O15S6. The smallest absolute Gasteiger partial charge is 0.313 e. The Bertz CT molecular complexity index is 494. The van der Waals surface area contributed by atoms with Crippen molar-refractivity contribution in [1.82, 2.24) is 0 Å². The van der Waals surface area contributed by atoms with E-state index in [2.05, 4.69) is 75.8 Å². The first-order valence-electron chi connectivity index (χ1n) is 9.66. The average Bonchev–Trinajstić information content (AvgIpc) is 2.92. The third-order valence-corrected chi connectivity index (χ3v) is 4.19. The van der Waals surface area contributed by atoms with E-state index in [1.165, 1.54) is 0 Å². The van der Waals surface area contributed by atoms with E-state index in [-0.39, 0.29) is 54.3 Å². The molecule has 0 fully saturated rings. The van der Waals surface area contributed by atoms with E-state index in [1.54, 1.807) is 0 Å². The van der Waals surface area contributed by atoms with Gasteiger partial charge in [-0.25, -0.2) is 0 Å². The number of aliphatic carboxylic acids is 6. The third-order valence-electron chi connectivity index (χ3n) is 2.57. The summed E-state index contributed by atoms with van der Waals surface area (Å²) in [6.07, 6.45) is 0.594. The minimum atomic E-state index is -0.881. The molecule has 0 aliphatic heterocycles. The van der Waals surface area contributed by atoms with E-state index >= 15 is 0 Å². The predicted molar refractivity (Wildman–Crippen MR) is 163 cm³/mol. The summed E-state index contributed by atoms with van der Waals surface area (Å²) >= 11 is 20.5. The Hall–Kier alpha value is -1.20. The molecule has 0 aliphatic carbocycles. The second kappa shape index (κ2) is 43.8. The van der Waals surface area contributed by atoms with Crippen LogP contribution in [0.1, 0.15) is 13.3 Å². The van der Waals surface area contributed by atoms with E-state index < -0.39 is 41.2 Å². The molecule has 0 rings (SSSR count). The SMILES string of the molecule is CCC(CO)(CO)CO.O=C(O)CS.O=C(O)CS.O=C(O)CS.O=C(O)CS.O=C(O)CS.O=C(O)CS. The van der Waals surface area contributed by atoms with E-state index in [0.29, 0.717) is 6.42 Å². The van der Waals surface area contributed by atoms with E-state index in [1.807, 2.05) is 6.92 Å². The van der Waals surface area contributed by atoms with Crippen LogP contribution in [0.3, 0.4) is 0 Å². The number of carboxylic acids is 6. The van der Waals surface area contributed by atoms with Crippen molar-refractivity contribution in [3.05, 3.63) is 0 Å². The molecule has 9 N–H and O–H groups in total. The van der Waals surface area contributed by atoms with Crippen molar-refractivity contribution in [2.24, 2.45) is 5.41 Å². The van der Waals surface area contributed by atoms with Crippen molar-refractivity contribution in [2.45, 2.75) is 13.3 Å². The quantitative estimate of drug-likeness (QED) is 0.127. The first-order chi connectivity index (χ1) is 17.9. The lowest BCUT2D eigenvalue weighted by molar-refractivity contribution is -0.134. The summed E-state index contributed by atoms with van der Waals surface area (Å²) in [7, 11) is 0. The van der Waals surface area contributed by atoms with Crippen molar-refractivity contribution in [2.75, 3.05) is 54.3 Å². The number of carbonyl (C=O) groups is 6. The molecule has 0 radical (unpaired) electrons. The van der Waals surface area contributed by atoms with Gasteiger partial charge in [0.1, 0.15) is 0 Å². The van der Waals surface area contributed by atoms with Crippen molar-refractivity contribution >= 4 is 112 Å². The molecule has 0 amide bonds. The number of carboxylic acid groups (broad SMARTS) is 6. The zero-order chi connectivity index (χ0) is 33.0. The Morgan fingerprint density at radius 3 is 0.538 bits per heavy atom. The summed E-state index contributed by atoms with van der Waals surface area (Å²) in [5.41, 5.74) is -0.667. The Balaban J connectivity index is -0.0000000622. The molecule has 0 saturated carbocycles. The van der Waals surface area contributed by atoms with Gasteiger partial charge in [-0.3, -0.25) is 28.8 Å². The molecular weight excluding hydrogens is 649 g/mol. The average molecular weight is 687 g/mol. The summed E-state index contributed by atoms with van der Waals surface area (Å²) in [5.74, 6) is -5.79. The third kappa shape index (κ3) is 85.7. The first kappa shape index (κ1) is 54.0. The van der Waals surface area contributed by atoms with Gasteiger partial charge in [-0.2, -0.15) is 75.8 Å². The lowest BCUT2D eigenvalue weighted by Gasteiger charge is -2.24. The Labute approximate surface area is 258 Å². The highest BCUT2D eigenvalue weighted by molar-refractivity contribution is 7.81. The van der Waals surface area contributed by atoms with Crippen LogP contribution in [0.2, 0.25) is 0 Å². The minimum absolute atomic E-state index is 0.0833. The molecule has 236 valence electrons. The number of thiol groups is 6. The normalized spacial score (nSPS) is 8.46. The number of rotatable bonds is 10. The Morgan fingerprint density at radius 2 is 0.538 bits per heavy atom. The van der Waals surface area contributed by atoms with Gasteiger partial charge < -0.3 is 46.0 Å². The molecule has 0 spiro atoms. The topological polar surface area (TPSA) is 284 Å². The molecule has 0 saturated heterocycles. The number of aliphatic hydroxyl groups is 3. The van der Waals surface area contributed by atoms with Gasteiger partial charge in [-0.05, 0) is 6.42 Å². The zero-order valence-electron chi connectivity index (χ0n) is 20.7. The van der Waals surface area contributed by atoms with Crippen LogP contribution in [0, 0.1) is 5.41 Å². The minimum Gasteiger partial charge on any atom is -0.481 e. The molecule has 0 aromatic heterocycles. The van der Waals surface area contributed by atoms with Gasteiger partial charge in [0.15, 0.2) is 0 Å². The van der Waals surface area contributed by atoms with Crippen LogP contribution in [0.5, 0.6) is 0 Å². The van der Waals surface area contributed by atoms with Crippen LogP contribution >= 0.6 is 75.8 Å². The van der Waals surface area contributed by atoms with Crippen molar-refractivity contribution in [3.8, 4) is 0 Å². The van der Waals surface area contributed by atoms with E-state index in [9.17, 15) is 28.8 Å². The van der Waals surface area contributed by atoms with Crippen LogP contribution in [0.4, 0.5) is 0 Å². The zero-order valence-corrected chi connectivity index (χ0v) is 26.1. The summed E-state index contributed by atoms with van der Waals surface area (Å²) in [5, 5.41) is 71.8. The van der Waals surface area contributed by atoms with Gasteiger partial charge in [-0.15, -0.1) is 0 Å². The van der Waals surface area contributed by atoms with Crippen LogP contribution < -0.4 is 0 Å². The standard InChI is InChI=1S/C6H14O3.6C2H4O2S/c1-2-6(3-7,4-8)5-9;6*3-2(4)1-5/h7-9H,2-5H2,1H3;6*5H,1H2,(H,3,4). The fourth-order valence-electron chi connectivity index (χ4n) is 0.485. The van der Waals surface area contributed by atoms with Gasteiger partial charge in [0, 0.05) is 5.41 Å². The maximum absolute atomic E-state index is 9.29. The van der Waals surface area contributed by atoms with Gasteiger partial charge in [-0.1, -0.05) is 6.92 Å². The summed E-state index contributed by atoms with van der Waals surface area (Å²) < 4.78 is 0. The van der Waals surface area contributed by atoms with Crippen molar-refractivity contribution < 1.29 is 74.7 Å². The largest absolute Gasteiger partial charge is 0.481 e. The maximum Gasteiger partial charge on any atom is 0.313 e. The summed E-state index contributed by atoms with van der Waals surface area (Å²) in [6, 6.07) is 0. The van der Waals surface area contributed by atoms with Gasteiger partial charge in [0.25, 0.3) is 0 Å². The van der Waals surface area contributed by atoms with Crippen LogP contribution in [0.15, 0.2) is 0 Å². The van der Waals surface area contributed by atoms with Crippen LogP contribution in [-0.2, 0) is 28.8 Å². The molecule has 0 atom stereocenters. The predicted octanol–water partition coefficient (Wildman–Crippen LogP) is -0.635. The molecule has 0 aromatic rings. The number of hydrogen-bond acceptors (Lipinski definition) is 15. The van der Waals surface area contributed by atoms with Crippen LogP contribution in [-0.4, -0.2) is 136 Å². The van der Waals surface area contributed by atoms with E-state index in [4.69, 9.17) is 46.0 Å². The highest BCUT2D eigenvalue weighted by atomic mass is 32.1. The number of aliphatic hydroxyl groups excluding tert-OH is 3. The summed E-state index contributed by atoms with van der Waals surface area (Å²) in [6.45, 7) is 1.35. The fourth-order valence-corrected chi connectivity index (χ4v) is 0.485. The molecule has 0 bridgehead atoms. The van der Waals surface area contributed by atoms with Gasteiger partial charge >= 0.3 is 35.8 Å². The highest BCUT2D eigenvalue weighted by Gasteiger charge is 2.24. The maximum atomic E-state index is 9.29. The molecule has 15 nitrogen and oxygen atoms in total. The highest BCUT2D eigenvalue weighted by Crippen LogP contribution is 2.18. The van der Waals surface area contributed by atoms with Crippen molar-refractivity contribution in [1.29, 1.82) is 0 Å². The molecule has 21 heteroatoms. The molecule has 0 unspecified atom stereocenters.